The summed E-state index contributed by atoms with van der Waals surface area (Å²) in [4.78, 5) is 10.9. The van der Waals surface area contributed by atoms with Crippen LogP contribution in [0, 0.1) is 16.1 Å². The van der Waals surface area contributed by atoms with Crippen LogP contribution in [0.4, 0.5) is 4.39 Å². The van der Waals surface area contributed by atoms with E-state index >= 15 is 0 Å². The van der Waals surface area contributed by atoms with Crippen molar-refractivity contribution in [2.24, 2.45) is 10.6 Å². The van der Waals surface area contributed by atoms with E-state index in [0.717, 1.165) is 11.1 Å². The van der Waals surface area contributed by atoms with E-state index in [9.17, 15) is 9.30 Å². The molecule has 0 amide bonds. The molecular formula is C14H18FNO. The molecule has 0 saturated carbocycles. The Labute approximate surface area is 102 Å². The summed E-state index contributed by atoms with van der Waals surface area (Å²) in [5.74, 6) is -0.263. The maximum atomic E-state index is 12.7. The van der Waals surface area contributed by atoms with Gasteiger partial charge in [0.1, 0.15) is 11.9 Å². The lowest BCUT2D eigenvalue weighted by atomic mass is 9.83. The zero-order valence-electron chi connectivity index (χ0n) is 10.7. The van der Waals surface area contributed by atoms with Crippen molar-refractivity contribution in [2.75, 3.05) is 0 Å². The van der Waals surface area contributed by atoms with Crippen LogP contribution in [0.3, 0.4) is 0 Å². The molecule has 0 aliphatic carbocycles. The van der Waals surface area contributed by atoms with Crippen LogP contribution in [0.1, 0.15) is 33.3 Å². The van der Waals surface area contributed by atoms with Crippen molar-refractivity contribution in [1.82, 2.24) is 0 Å². The zero-order valence-corrected chi connectivity index (χ0v) is 10.7. The third-order valence-electron chi connectivity index (χ3n) is 2.62. The van der Waals surface area contributed by atoms with Crippen LogP contribution in [-0.2, 0) is 0 Å². The van der Waals surface area contributed by atoms with Crippen LogP contribution < -0.4 is 0 Å². The molecule has 0 saturated heterocycles. The summed E-state index contributed by atoms with van der Waals surface area (Å²) in [5.41, 5.74) is 1.56. The van der Waals surface area contributed by atoms with Crippen LogP contribution in [0.15, 0.2) is 35.0 Å². The van der Waals surface area contributed by atoms with Crippen molar-refractivity contribution in [3.8, 4) is 0 Å². The summed E-state index contributed by atoms with van der Waals surface area (Å²) in [6.45, 7) is 7.80. The van der Waals surface area contributed by atoms with Crippen molar-refractivity contribution in [1.29, 1.82) is 0 Å². The smallest absolute Gasteiger partial charge is 0.123 e. The quantitative estimate of drug-likeness (QED) is 0.713. The largest absolute Gasteiger partial charge is 0.207 e. The topological polar surface area (TPSA) is 29.4 Å². The molecule has 0 radical (unpaired) electrons. The van der Waals surface area contributed by atoms with Gasteiger partial charge in [-0.2, -0.15) is 4.91 Å². The van der Waals surface area contributed by atoms with Crippen LogP contribution >= 0.6 is 0 Å². The highest BCUT2D eigenvalue weighted by Crippen LogP contribution is 2.28. The minimum Gasteiger partial charge on any atom is -0.207 e. The Hall–Kier alpha value is -1.51. The van der Waals surface area contributed by atoms with Crippen molar-refractivity contribution in [2.45, 2.75) is 33.7 Å². The predicted octanol–water partition coefficient (Wildman–Crippen LogP) is 4.41. The first-order valence-electron chi connectivity index (χ1n) is 5.61. The van der Waals surface area contributed by atoms with Crippen LogP contribution in [-0.4, -0.2) is 6.04 Å². The fourth-order valence-corrected chi connectivity index (χ4v) is 1.83. The number of hydrogen-bond acceptors (Lipinski definition) is 2. The van der Waals surface area contributed by atoms with E-state index in [0.29, 0.717) is 0 Å². The Kier molecular flexibility index (Phi) is 4.16. The highest BCUT2D eigenvalue weighted by Gasteiger charge is 2.26. The Morgan fingerprint density at radius 2 is 1.82 bits per heavy atom. The standard InChI is InChI=1S/C14H18FNO/c1-10(13(16-17)14(2,3)4)9-11-5-7-12(15)8-6-11/h5-9,13H,1-4H3. The number of halogens is 1. The molecule has 17 heavy (non-hydrogen) atoms. The summed E-state index contributed by atoms with van der Waals surface area (Å²) < 4.78 is 12.7. The lowest BCUT2D eigenvalue weighted by Crippen LogP contribution is -2.24. The molecule has 0 N–H and O–H groups in total. The highest BCUT2D eigenvalue weighted by molar-refractivity contribution is 5.53. The Bertz CT molecular complexity index is 415. The van der Waals surface area contributed by atoms with Crippen LogP contribution in [0.5, 0.6) is 0 Å². The van der Waals surface area contributed by atoms with Gasteiger partial charge in [0, 0.05) is 0 Å². The van der Waals surface area contributed by atoms with Gasteiger partial charge in [-0.25, -0.2) is 4.39 Å². The first kappa shape index (κ1) is 13.6. The number of rotatable bonds is 3. The van der Waals surface area contributed by atoms with Gasteiger partial charge in [0.2, 0.25) is 0 Å². The molecule has 2 nitrogen and oxygen atoms in total. The summed E-state index contributed by atoms with van der Waals surface area (Å²) in [6, 6.07) is 5.80. The normalized spacial score (nSPS) is 14.5. The zero-order chi connectivity index (χ0) is 13.1. The third kappa shape index (κ3) is 3.77. The lowest BCUT2D eigenvalue weighted by molar-refractivity contribution is 0.355. The molecule has 0 aliphatic heterocycles. The molecule has 1 atom stereocenters. The fraction of sp³-hybridized carbons (Fsp3) is 0.429. The average molecular weight is 235 g/mol. The van der Waals surface area contributed by atoms with E-state index in [1.165, 1.54) is 12.1 Å². The Balaban J connectivity index is 2.98. The van der Waals surface area contributed by atoms with Crippen LogP contribution in [0.25, 0.3) is 6.08 Å². The van der Waals surface area contributed by atoms with Gasteiger partial charge in [0.05, 0.1) is 0 Å². The summed E-state index contributed by atoms with van der Waals surface area (Å²) in [7, 11) is 0. The number of hydrogen-bond donors (Lipinski definition) is 0. The molecule has 0 bridgehead atoms. The van der Waals surface area contributed by atoms with Crippen molar-refractivity contribution in [3.05, 3.63) is 46.1 Å². The molecule has 0 spiro atoms. The molecule has 92 valence electrons. The number of nitroso groups, excluding NO2 is 1. The van der Waals surface area contributed by atoms with Gasteiger partial charge in [0.15, 0.2) is 0 Å². The average Bonchev–Trinajstić information content (AvgIpc) is 2.20. The van der Waals surface area contributed by atoms with Gasteiger partial charge in [-0.3, -0.25) is 0 Å². The molecule has 1 aromatic carbocycles. The SMILES string of the molecule is CC(=Cc1ccc(F)cc1)C(N=O)C(C)(C)C. The minimum absolute atomic E-state index is 0.206. The monoisotopic (exact) mass is 235 g/mol. The van der Waals surface area contributed by atoms with Gasteiger partial charge in [0.25, 0.3) is 0 Å². The van der Waals surface area contributed by atoms with E-state index in [1.807, 2.05) is 33.8 Å². The Morgan fingerprint density at radius 3 is 2.24 bits per heavy atom. The van der Waals surface area contributed by atoms with Crippen molar-refractivity contribution in [3.63, 3.8) is 0 Å². The molecule has 1 rings (SSSR count). The Morgan fingerprint density at radius 1 is 1.29 bits per heavy atom. The number of nitrogens with zero attached hydrogens (tertiary/aromatic N) is 1. The van der Waals surface area contributed by atoms with Crippen LogP contribution in [0.2, 0.25) is 0 Å². The summed E-state index contributed by atoms with van der Waals surface area (Å²) in [5, 5.41) is 3.18. The first-order chi connectivity index (χ1) is 7.84. The van der Waals surface area contributed by atoms with Crippen molar-refractivity contribution >= 4 is 6.08 Å². The molecule has 3 heteroatoms. The maximum Gasteiger partial charge on any atom is 0.123 e. The van der Waals surface area contributed by atoms with E-state index in [4.69, 9.17) is 0 Å². The second kappa shape index (κ2) is 5.21. The molecule has 0 fully saturated rings. The van der Waals surface area contributed by atoms with E-state index < -0.39 is 0 Å². The lowest BCUT2D eigenvalue weighted by Gasteiger charge is -2.25. The van der Waals surface area contributed by atoms with Gasteiger partial charge in [-0.05, 0) is 35.6 Å². The van der Waals surface area contributed by atoms with Gasteiger partial charge >= 0.3 is 0 Å². The molecular weight excluding hydrogens is 217 g/mol. The summed E-state index contributed by atoms with van der Waals surface area (Å²) in [6.07, 6.45) is 1.87. The van der Waals surface area contributed by atoms with Gasteiger partial charge in [-0.15, -0.1) is 0 Å². The first-order valence-corrected chi connectivity index (χ1v) is 5.61. The molecule has 0 aromatic heterocycles. The molecule has 1 aromatic rings. The van der Waals surface area contributed by atoms with Crippen molar-refractivity contribution < 1.29 is 4.39 Å². The highest BCUT2D eigenvalue weighted by atomic mass is 19.1. The predicted molar refractivity (Wildman–Crippen MR) is 69.1 cm³/mol. The molecule has 1 unspecified atom stereocenters. The second-order valence-electron chi connectivity index (χ2n) is 5.31. The fourth-order valence-electron chi connectivity index (χ4n) is 1.83. The van der Waals surface area contributed by atoms with E-state index in [2.05, 4.69) is 5.18 Å². The second-order valence-corrected chi connectivity index (χ2v) is 5.31. The molecule has 0 aliphatic rings. The van der Waals surface area contributed by atoms with E-state index in [1.54, 1.807) is 12.1 Å². The molecule has 0 heterocycles. The van der Waals surface area contributed by atoms with Gasteiger partial charge < -0.3 is 0 Å². The third-order valence-corrected chi connectivity index (χ3v) is 2.62. The maximum absolute atomic E-state index is 12.7. The van der Waals surface area contributed by atoms with E-state index in [-0.39, 0.29) is 17.3 Å². The minimum atomic E-state index is -0.368. The number of benzene rings is 1. The summed E-state index contributed by atoms with van der Waals surface area (Å²) >= 11 is 0. The van der Waals surface area contributed by atoms with Gasteiger partial charge in [-0.1, -0.05) is 44.2 Å².